The van der Waals surface area contributed by atoms with E-state index in [2.05, 4.69) is 36.4 Å². The van der Waals surface area contributed by atoms with Gasteiger partial charge in [-0.2, -0.15) is 0 Å². The van der Waals surface area contributed by atoms with E-state index < -0.39 is 0 Å². The molecule has 25 heavy (non-hydrogen) atoms. The number of rotatable bonds is 4. The molecule has 0 saturated heterocycles. The molecule has 0 aliphatic rings. The van der Waals surface area contributed by atoms with Crippen molar-refractivity contribution < 1.29 is 0 Å². The van der Waals surface area contributed by atoms with Crippen LogP contribution in [0.4, 0.5) is 0 Å². The van der Waals surface area contributed by atoms with Crippen LogP contribution in [0.15, 0.2) is 72.8 Å². The number of thiophene rings is 2. The van der Waals surface area contributed by atoms with Crippen LogP contribution < -0.4 is 10.9 Å². The summed E-state index contributed by atoms with van der Waals surface area (Å²) < 4.78 is 0. The molecular weight excluding hydrogens is 338 g/mol. The maximum Gasteiger partial charge on any atom is 0.115 e. The SMILES string of the molecule is [B]c1cc(-c2ccccc2)sc1Cc1sc(-c2ccccc2)cc1[B]. The Morgan fingerprint density at radius 2 is 1.00 bits per heavy atom. The second kappa shape index (κ2) is 7.07. The lowest BCUT2D eigenvalue weighted by atomic mass is 9.91. The maximum absolute atomic E-state index is 6.27. The number of hydrogen-bond acceptors (Lipinski definition) is 2. The van der Waals surface area contributed by atoms with Crippen LogP contribution in [0.2, 0.25) is 0 Å². The Hall–Kier alpha value is -2.03. The summed E-state index contributed by atoms with van der Waals surface area (Å²) in [4.78, 5) is 4.75. The van der Waals surface area contributed by atoms with Crippen LogP contribution >= 0.6 is 22.7 Å². The van der Waals surface area contributed by atoms with Gasteiger partial charge in [-0.3, -0.25) is 0 Å². The van der Waals surface area contributed by atoms with Crippen molar-refractivity contribution in [1.29, 1.82) is 0 Å². The van der Waals surface area contributed by atoms with Crippen molar-refractivity contribution in [3.63, 3.8) is 0 Å². The fraction of sp³-hybridized carbons (Fsp3) is 0.0476. The molecule has 0 spiro atoms. The second-order valence-electron chi connectivity index (χ2n) is 5.89. The van der Waals surface area contributed by atoms with Crippen LogP contribution in [0.3, 0.4) is 0 Å². The Kier molecular flexibility index (Phi) is 4.65. The van der Waals surface area contributed by atoms with Crippen molar-refractivity contribution in [3.8, 4) is 20.9 Å². The molecule has 116 valence electrons. The second-order valence-corrected chi connectivity index (χ2v) is 8.16. The van der Waals surface area contributed by atoms with E-state index in [1.807, 2.05) is 36.4 Å². The Labute approximate surface area is 159 Å². The summed E-state index contributed by atoms with van der Waals surface area (Å²) in [5.74, 6) is 0. The van der Waals surface area contributed by atoms with Gasteiger partial charge in [-0.1, -0.05) is 83.7 Å². The molecule has 4 heteroatoms. The first-order valence-electron chi connectivity index (χ1n) is 8.08. The van der Waals surface area contributed by atoms with Crippen molar-refractivity contribution in [2.75, 3.05) is 0 Å². The lowest BCUT2D eigenvalue weighted by Crippen LogP contribution is -2.09. The molecule has 0 unspecified atom stereocenters. The molecule has 4 aromatic rings. The minimum absolute atomic E-state index is 0.784. The highest BCUT2D eigenvalue weighted by molar-refractivity contribution is 7.18. The van der Waals surface area contributed by atoms with E-state index in [9.17, 15) is 0 Å². The van der Waals surface area contributed by atoms with Gasteiger partial charge < -0.3 is 0 Å². The molecule has 0 aliphatic carbocycles. The van der Waals surface area contributed by atoms with Gasteiger partial charge >= 0.3 is 0 Å². The minimum Gasteiger partial charge on any atom is -0.141 e. The fourth-order valence-electron chi connectivity index (χ4n) is 2.80. The molecule has 0 aliphatic heterocycles. The zero-order valence-corrected chi connectivity index (χ0v) is 15.2. The van der Waals surface area contributed by atoms with Crippen LogP contribution in [0, 0.1) is 0 Å². The van der Waals surface area contributed by atoms with Gasteiger partial charge in [0.1, 0.15) is 15.7 Å². The largest absolute Gasteiger partial charge is 0.141 e. The molecule has 0 fully saturated rings. The van der Waals surface area contributed by atoms with Gasteiger partial charge in [0, 0.05) is 25.9 Å². The van der Waals surface area contributed by atoms with Crippen molar-refractivity contribution >= 4 is 49.3 Å². The van der Waals surface area contributed by atoms with E-state index in [1.54, 1.807) is 22.7 Å². The highest BCUT2D eigenvalue weighted by Gasteiger charge is 2.12. The third-order valence-corrected chi connectivity index (χ3v) is 6.52. The lowest BCUT2D eigenvalue weighted by molar-refractivity contribution is 1.34. The smallest absolute Gasteiger partial charge is 0.115 e. The first-order valence-corrected chi connectivity index (χ1v) is 9.71. The van der Waals surface area contributed by atoms with Crippen molar-refractivity contribution in [2.45, 2.75) is 6.42 Å². The van der Waals surface area contributed by atoms with Crippen LogP contribution in [-0.2, 0) is 6.42 Å². The number of hydrogen-bond donors (Lipinski definition) is 0. The summed E-state index contributed by atoms with van der Waals surface area (Å²) >= 11 is 3.49. The third kappa shape index (κ3) is 3.51. The average Bonchev–Trinajstić information content (AvgIpc) is 3.20. The molecule has 0 saturated carbocycles. The van der Waals surface area contributed by atoms with Crippen molar-refractivity contribution in [1.82, 2.24) is 0 Å². The molecule has 0 atom stereocenters. The molecule has 0 nitrogen and oxygen atoms in total. The topological polar surface area (TPSA) is 0 Å². The number of benzene rings is 2. The maximum atomic E-state index is 6.27. The summed E-state index contributed by atoms with van der Waals surface area (Å²) in [6.07, 6.45) is 0.784. The molecule has 0 amide bonds. The predicted molar refractivity (Wildman–Crippen MR) is 113 cm³/mol. The first kappa shape index (κ1) is 16.4. The van der Waals surface area contributed by atoms with E-state index in [1.165, 1.54) is 30.6 Å². The molecule has 2 aromatic carbocycles. The standard InChI is InChI=1S/C21H14B2S2/c22-16-11-18(14-7-3-1-4-8-14)24-20(16)13-21-17(23)12-19(25-21)15-9-5-2-6-10-15/h1-12H,13H2. The summed E-state index contributed by atoms with van der Waals surface area (Å²) in [6, 6.07) is 24.8. The van der Waals surface area contributed by atoms with E-state index in [4.69, 9.17) is 15.7 Å². The molecule has 0 N–H and O–H groups in total. The zero-order chi connectivity index (χ0) is 17.2. The zero-order valence-electron chi connectivity index (χ0n) is 13.6. The van der Waals surface area contributed by atoms with Gasteiger partial charge in [0.05, 0.1) is 0 Å². The average molecular weight is 352 g/mol. The van der Waals surface area contributed by atoms with Crippen molar-refractivity contribution in [3.05, 3.63) is 82.6 Å². The van der Waals surface area contributed by atoms with Crippen LogP contribution in [0.25, 0.3) is 20.9 Å². The molecule has 4 rings (SSSR count). The highest BCUT2D eigenvalue weighted by Crippen LogP contribution is 2.31. The van der Waals surface area contributed by atoms with Gasteiger partial charge in [-0.15, -0.1) is 22.7 Å². The third-order valence-electron chi connectivity index (χ3n) is 4.12. The van der Waals surface area contributed by atoms with Gasteiger partial charge in [0.2, 0.25) is 0 Å². The van der Waals surface area contributed by atoms with Gasteiger partial charge in [-0.05, 0) is 11.1 Å². The van der Waals surface area contributed by atoms with Crippen LogP contribution in [0.5, 0.6) is 0 Å². The molecular formula is C21H14B2S2. The minimum atomic E-state index is 0.784. The summed E-state index contributed by atoms with van der Waals surface area (Å²) in [7, 11) is 12.5. The fourth-order valence-corrected chi connectivity index (χ4v) is 5.09. The monoisotopic (exact) mass is 352 g/mol. The summed E-state index contributed by atoms with van der Waals surface area (Å²) in [5, 5.41) is 0. The normalized spacial score (nSPS) is 10.9. The quantitative estimate of drug-likeness (QED) is 0.480. The Morgan fingerprint density at radius 1 is 0.600 bits per heavy atom. The Balaban J connectivity index is 1.63. The summed E-state index contributed by atoms with van der Waals surface area (Å²) in [6.45, 7) is 0. The van der Waals surface area contributed by atoms with Gasteiger partial charge in [-0.25, -0.2) is 0 Å². The van der Waals surface area contributed by atoms with Crippen LogP contribution in [0.1, 0.15) is 9.75 Å². The summed E-state index contributed by atoms with van der Waals surface area (Å²) in [5.41, 5.74) is 4.10. The Bertz CT molecular complexity index is 904. The lowest BCUT2D eigenvalue weighted by Gasteiger charge is -2.00. The molecule has 2 aromatic heterocycles. The molecule has 0 bridgehead atoms. The van der Waals surface area contributed by atoms with Crippen molar-refractivity contribution in [2.24, 2.45) is 0 Å². The molecule has 2 heterocycles. The first-order chi connectivity index (χ1) is 12.2. The predicted octanol–water partition coefficient (Wildman–Crippen LogP) is 4.32. The highest BCUT2D eigenvalue weighted by atomic mass is 32.1. The van der Waals surface area contributed by atoms with Gasteiger partial charge in [0.25, 0.3) is 0 Å². The van der Waals surface area contributed by atoms with E-state index >= 15 is 0 Å². The van der Waals surface area contributed by atoms with Gasteiger partial charge in [0.15, 0.2) is 0 Å². The van der Waals surface area contributed by atoms with E-state index in [0.717, 1.165) is 17.3 Å². The van der Waals surface area contributed by atoms with Crippen LogP contribution in [-0.4, -0.2) is 15.7 Å². The Morgan fingerprint density at radius 3 is 1.40 bits per heavy atom. The van der Waals surface area contributed by atoms with E-state index in [0.29, 0.717) is 0 Å². The molecule has 4 radical (unpaired) electrons. The van der Waals surface area contributed by atoms with E-state index in [-0.39, 0.29) is 0 Å².